The van der Waals surface area contributed by atoms with Crippen LogP contribution in [0.4, 0.5) is 0 Å². The molecule has 0 N–H and O–H groups in total. The van der Waals surface area contributed by atoms with Crippen molar-refractivity contribution in [3.05, 3.63) is 29.3 Å². The van der Waals surface area contributed by atoms with Crippen molar-refractivity contribution in [3.63, 3.8) is 0 Å². The molecule has 0 spiro atoms. The van der Waals surface area contributed by atoms with Gasteiger partial charge in [0.2, 0.25) is 6.29 Å². The number of ether oxygens (including phenoxy) is 3. The first-order valence-corrected chi connectivity index (χ1v) is 7.01. The Bertz CT molecular complexity index is 465. The lowest BCUT2D eigenvalue weighted by atomic mass is 10.00. The summed E-state index contributed by atoms with van der Waals surface area (Å²) in [5.74, 6) is 7.22. The highest BCUT2D eigenvalue weighted by molar-refractivity contribution is 5.40. The van der Waals surface area contributed by atoms with Crippen LogP contribution in [0.25, 0.3) is 0 Å². The Morgan fingerprint density at radius 2 is 1.75 bits per heavy atom. The Morgan fingerprint density at radius 3 is 2.30 bits per heavy atom. The maximum Gasteiger partial charge on any atom is 0.222 e. The first-order valence-electron chi connectivity index (χ1n) is 7.01. The Hall–Kier alpha value is -1.50. The van der Waals surface area contributed by atoms with Crippen molar-refractivity contribution in [1.29, 1.82) is 0 Å². The molecule has 1 rings (SSSR count). The van der Waals surface area contributed by atoms with Crippen LogP contribution >= 0.6 is 0 Å². The highest BCUT2D eigenvalue weighted by atomic mass is 16.7. The summed E-state index contributed by atoms with van der Waals surface area (Å²) in [4.78, 5) is 0. The van der Waals surface area contributed by atoms with Gasteiger partial charge in [-0.2, -0.15) is 0 Å². The van der Waals surface area contributed by atoms with Crippen LogP contribution in [-0.4, -0.2) is 26.6 Å². The van der Waals surface area contributed by atoms with E-state index in [0.29, 0.717) is 13.2 Å². The number of benzene rings is 1. The fourth-order valence-corrected chi connectivity index (χ4v) is 1.82. The summed E-state index contributed by atoms with van der Waals surface area (Å²) in [5.41, 5.74) is 2.25. The van der Waals surface area contributed by atoms with Crippen molar-refractivity contribution in [2.75, 3.05) is 20.3 Å². The predicted octanol–water partition coefficient (Wildman–Crippen LogP) is 3.51. The third-order valence-corrected chi connectivity index (χ3v) is 2.99. The van der Waals surface area contributed by atoms with Crippen molar-refractivity contribution in [3.8, 4) is 17.6 Å². The maximum atomic E-state index is 5.41. The first kappa shape index (κ1) is 16.6. The number of hydrogen-bond donors (Lipinski definition) is 0. The number of hydrogen-bond acceptors (Lipinski definition) is 3. The van der Waals surface area contributed by atoms with Crippen LogP contribution in [-0.2, 0) is 9.47 Å². The van der Waals surface area contributed by atoms with Gasteiger partial charge >= 0.3 is 0 Å². The molecule has 1 aromatic rings. The van der Waals surface area contributed by atoms with Crippen molar-refractivity contribution >= 4 is 0 Å². The molecule has 0 aliphatic heterocycles. The SMILES string of the molecule is CCOC(C#C[C@@H](C)c1ccc(C)c(OC)c1)OCC. The zero-order valence-corrected chi connectivity index (χ0v) is 13.0. The van der Waals surface area contributed by atoms with E-state index in [1.165, 1.54) is 0 Å². The molecular formula is C17H24O3. The Labute approximate surface area is 122 Å². The number of rotatable bonds is 6. The summed E-state index contributed by atoms with van der Waals surface area (Å²) in [7, 11) is 1.68. The number of methoxy groups -OCH3 is 1. The van der Waals surface area contributed by atoms with E-state index < -0.39 is 6.29 Å². The molecule has 0 unspecified atom stereocenters. The molecule has 0 bridgehead atoms. The molecule has 0 aliphatic rings. The van der Waals surface area contributed by atoms with Crippen molar-refractivity contribution in [2.24, 2.45) is 0 Å². The average Bonchev–Trinajstić information content (AvgIpc) is 2.45. The van der Waals surface area contributed by atoms with Crippen LogP contribution in [0.3, 0.4) is 0 Å². The third kappa shape index (κ3) is 4.88. The van der Waals surface area contributed by atoms with E-state index in [4.69, 9.17) is 14.2 Å². The van der Waals surface area contributed by atoms with Gasteiger partial charge in [-0.15, -0.1) is 0 Å². The van der Waals surface area contributed by atoms with Crippen LogP contribution in [0.2, 0.25) is 0 Å². The maximum absolute atomic E-state index is 5.41. The molecule has 0 saturated carbocycles. The minimum absolute atomic E-state index is 0.105. The van der Waals surface area contributed by atoms with Crippen LogP contribution in [0, 0.1) is 18.8 Å². The summed E-state index contributed by atoms with van der Waals surface area (Å²) in [6, 6.07) is 6.16. The summed E-state index contributed by atoms with van der Waals surface area (Å²) >= 11 is 0. The van der Waals surface area contributed by atoms with Gasteiger partial charge in [0.25, 0.3) is 0 Å². The van der Waals surface area contributed by atoms with Gasteiger partial charge in [0.15, 0.2) is 0 Å². The summed E-state index contributed by atoms with van der Waals surface area (Å²) in [6.45, 7) is 9.13. The second-order valence-electron chi connectivity index (χ2n) is 4.48. The molecule has 3 heteroatoms. The molecular weight excluding hydrogens is 252 g/mol. The average molecular weight is 276 g/mol. The van der Waals surface area contributed by atoms with Gasteiger partial charge in [0.1, 0.15) is 5.75 Å². The van der Waals surface area contributed by atoms with E-state index in [1.807, 2.05) is 26.8 Å². The predicted molar refractivity (Wildman–Crippen MR) is 81.0 cm³/mol. The molecule has 0 fully saturated rings. The largest absolute Gasteiger partial charge is 0.496 e. The summed E-state index contributed by atoms with van der Waals surface area (Å²) in [6.07, 6.45) is -0.445. The lowest BCUT2D eigenvalue weighted by molar-refractivity contribution is -0.0970. The lowest BCUT2D eigenvalue weighted by Gasteiger charge is -2.12. The van der Waals surface area contributed by atoms with Crippen molar-refractivity contribution in [1.82, 2.24) is 0 Å². The highest BCUT2D eigenvalue weighted by Crippen LogP contribution is 2.23. The van der Waals surface area contributed by atoms with E-state index in [1.54, 1.807) is 7.11 Å². The van der Waals surface area contributed by atoms with E-state index in [2.05, 4.69) is 30.9 Å². The normalized spacial score (nSPS) is 11.9. The van der Waals surface area contributed by atoms with Crippen LogP contribution in [0.15, 0.2) is 18.2 Å². The molecule has 0 aromatic heterocycles. The van der Waals surface area contributed by atoms with E-state index in [0.717, 1.165) is 16.9 Å². The van der Waals surface area contributed by atoms with Gasteiger partial charge in [0, 0.05) is 19.1 Å². The number of aryl methyl sites for hydroxylation is 1. The Kier molecular flexibility index (Phi) is 7.14. The molecule has 0 aliphatic carbocycles. The zero-order valence-electron chi connectivity index (χ0n) is 13.0. The smallest absolute Gasteiger partial charge is 0.222 e. The van der Waals surface area contributed by atoms with Gasteiger partial charge in [-0.1, -0.05) is 18.1 Å². The van der Waals surface area contributed by atoms with Gasteiger partial charge in [-0.05, 0) is 50.8 Å². The van der Waals surface area contributed by atoms with E-state index in [-0.39, 0.29) is 5.92 Å². The molecule has 3 nitrogen and oxygen atoms in total. The van der Waals surface area contributed by atoms with Crippen molar-refractivity contribution in [2.45, 2.75) is 39.9 Å². The van der Waals surface area contributed by atoms with Crippen LogP contribution in [0.5, 0.6) is 5.75 Å². The zero-order chi connectivity index (χ0) is 15.0. The topological polar surface area (TPSA) is 27.7 Å². The van der Waals surface area contributed by atoms with Crippen LogP contribution in [0.1, 0.15) is 37.8 Å². The minimum atomic E-state index is -0.445. The molecule has 0 saturated heterocycles. The summed E-state index contributed by atoms with van der Waals surface area (Å²) < 4.78 is 16.2. The second-order valence-corrected chi connectivity index (χ2v) is 4.48. The second kappa shape index (κ2) is 8.63. The molecule has 20 heavy (non-hydrogen) atoms. The Balaban J connectivity index is 2.82. The lowest BCUT2D eigenvalue weighted by Crippen LogP contribution is -2.15. The Morgan fingerprint density at radius 1 is 1.10 bits per heavy atom. The van der Waals surface area contributed by atoms with E-state index in [9.17, 15) is 0 Å². The van der Waals surface area contributed by atoms with Gasteiger partial charge in [-0.25, -0.2) is 0 Å². The first-order chi connectivity index (χ1) is 9.62. The van der Waals surface area contributed by atoms with Gasteiger partial charge in [-0.3, -0.25) is 0 Å². The highest BCUT2D eigenvalue weighted by Gasteiger charge is 2.07. The van der Waals surface area contributed by atoms with Crippen molar-refractivity contribution < 1.29 is 14.2 Å². The molecule has 0 heterocycles. The molecule has 0 radical (unpaired) electrons. The molecule has 110 valence electrons. The fourth-order valence-electron chi connectivity index (χ4n) is 1.82. The van der Waals surface area contributed by atoms with Gasteiger partial charge < -0.3 is 14.2 Å². The monoisotopic (exact) mass is 276 g/mol. The third-order valence-electron chi connectivity index (χ3n) is 2.99. The van der Waals surface area contributed by atoms with Gasteiger partial charge in [0.05, 0.1) is 7.11 Å². The molecule has 1 atom stereocenters. The minimum Gasteiger partial charge on any atom is -0.496 e. The molecule has 0 amide bonds. The quantitative estimate of drug-likeness (QED) is 0.588. The molecule has 1 aromatic carbocycles. The summed E-state index contributed by atoms with van der Waals surface area (Å²) in [5, 5.41) is 0. The van der Waals surface area contributed by atoms with E-state index >= 15 is 0 Å². The standard InChI is InChI=1S/C17H24O3/c1-6-19-17(20-7-2)11-9-13(3)15-10-8-14(4)16(12-15)18-5/h8,10,12-13,17H,6-7H2,1-5H3/t13-/m1/s1. The fraction of sp³-hybridized carbons (Fsp3) is 0.529. The van der Waals surface area contributed by atoms with Crippen LogP contribution < -0.4 is 4.74 Å².